The van der Waals surface area contributed by atoms with Gasteiger partial charge in [-0.15, -0.1) is 12.4 Å². The first kappa shape index (κ1) is 16.4. The Bertz CT molecular complexity index is 400. The van der Waals surface area contributed by atoms with Crippen LogP contribution in [0.15, 0.2) is 18.2 Å². The van der Waals surface area contributed by atoms with Gasteiger partial charge in [-0.1, -0.05) is 31.4 Å². The lowest BCUT2D eigenvalue weighted by molar-refractivity contribution is 0.369. The third-order valence-electron chi connectivity index (χ3n) is 3.61. The zero-order valence-electron chi connectivity index (χ0n) is 10.8. The molecule has 0 spiro atoms. The molecule has 0 bridgehead atoms. The molecule has 0 atom stereocenters. The highest BCUT2D eigenvalue weighted by molar-refractivity contribution is 6.59. The fourth-order valence-corrected chi connectivity index (χ4v) is 2.56. The summed E-state index contributed by atoms with van der Waals surface area (Å²) in [7, 11) is -1.62. The summed E-state index contributed by atoms with van der Waals surface area (Å²) in [5.74, 6) is -0.385. The van der Waals surface area contributed by atoms with Crippen molar-refractivity contribution in [2.24, 2.45) is 0 Å². The Kier molecular flexibility index (Phi) is 6.79. The van der Waals surface area contributed by atoms with E-state index in [0.717, 1.165) is 12.8 Å². The van der Waals surface area contributed by atoms with E-state index in [2.05, 4.69) is 5.32 Å². The molecule has 1 saturated carbocycles. The van der Waals surface area contributed by atoms with Crippen LogP contribution in [0.3, 0.4) is 0 Å². The number of halogens is 2. The van der Waals surface area contributed by atoms with Crippen LogP contribution >= 0.6 is 12.4 Å². The van der Waals surface area contributed by atoms with Crippen molar-refractivity contribution in [1.82, 2.24) is 5.32 Å². The minimum atomic E-state index is -1.62. The van der Waals surface area contributed by atoms with Gasteiger partial charge in [0.05, 0.1) is 0 Å². The van der Waals surface area contributed by atoms with E-state index in [0.29, 0.717) is 18.2 Å². The molecule has 1 fully saturated rings. The second-order valence-corrected chi connectivity index (χ2v) is 4.90. The topological polar surface area (TPSA) is 52.5 Å². The van der Waals surface area contributed by atoms with Gasteiger partial charge >= 0.3 is 7.12 Å². The molecular formula is C13H20BClFNO2. The Morgan fingerprint density at radius 1 is 1.21 bits per heavy atom. The molecule has 0 amide bonds. The van der Waals surface area contributed by atoms with E-state index in [1.165, 1.54) is 31.4 Å². The summed E-state index contributed by atoms with van der Waals surface area (Å²) in [5, 5.41) is 21.8. The maximum atomic E-state index is 13.7. The van der Waals surface area contributed by atoms with E-state index < -0.39 is 7.12 Å². The average molecular weight is 288 g/mol. The van der Waals surface area contributed by atoms with Crippen LogP contribution in [0.5, 0.6) is 0 Å². The highest BCUT2D eigenvalue weighted by Crippen LogP contribution is 2.18. The maximum absolute atomic E-state index is 13.7. The number of hydrogen-bond donors (Lipinski definition) is 3. The van der Waals surface area contributed by atoms with E-state index in [4.69, 9.17) is 0 Å². The molecule has 1 aromatic carbocycles. The lowest BCUT2D eigenvalue weighted by Crippen LogP contribution is -2.38. The van der Waals surface area contributed by atoms with Crippen LogP contribution in [-0.4, -0.2) is 23.2 Å². The molecular weight excluding hydrogens is 267 g/mol. The third-order valence-corrected chi connectivity index (χ3v) is 3.61. The molecule has 0 unspecified atom stereocenters. The Balaban J connectivity index is 0.00000180. The van der Waals surface area contributed by atoms with Gasteiger partial charge < -0.3 is 15.4 Å². The summed E-state index contributed by atoms with van der Waals surface area (Å²) in [4.78, 5) is 0. The van der Waals surface area contributed by atoms with Crippen molar-refractivity contribution in [3.8, 4) is 0 Å². The van der Waals surface area contributed by atoms with Crippen molar-refractivity contribution in [2.75, 3.05) is 0 Å². The van der Waals surface area contributed by atoms with E-state index in [-0.39, 0.29) is 23.7 Å². The summed E-state index contributed by atoms with van der Waals surface area (Å²) >= 11 is 0. The maximum Gasteiger partial charge on any atom is 0.488 e. The zero-order chi connectivity index (χ0) is 13.0. The predicted molar refractivity (Wildman–Crippen MR) is 77.2 cm³/mol. The molecule has 1 aliphatic rings. The van der Waals surface area contributed by atoms with Gasteiger partial charge in [-0.05, 0) is 24.4 Å². The van der Waals surface area contributed by atoms with Crippen LogP contribution in [0.4, 0.5) is 4.39 Å². The van der Waals surface area contributed by atoms with Crippen LogP contribution in [0, 0.1) is 5.82 Å². The van der Waals surface area contributed by atoms with Crippen LogP contribution in [-0.2, 0) is 6.54 Å². The zero-order valence-corrected chi connectivity index (χ0v) is 11.6. The quantitative estimate of drug-likeness (QED) is 0.733. The van der Waals surface area contributed by atoms with Crippen molar-refractivity contribution in [2.45, 2.75) is 44.7 Å². The van der Waals surface area contributed by atoms with Gasteiger partial charge in [0.15, 0.2) is 0 Å². The number of nitrogens with one attached hydrogen (secondary N) is 1. The molecule has 1 aliphatic carbocycles. The standard InChI is InChI=1S/C13H19BFNO2.ClH/c15-13-8-4-7-12(14(17)18)11(13)9-16-10-5-2-1-3-6-10;/h4,7-8,10,16-18H,1-3,5-6,9H2;1H. The lowest BCUT2D eigenvalue weighted by atomic mass is 9.76. The van der Waals surface area contributed by atoms with Crippen molar-refractivity contribution in [3.63, 3.8) is 0 Å². The van der Waals surface area contributed by atoms with Gasteiger partial charge in [0, 0.05) is 18.2 Å². The molecule has 0 saturated heterocycles. The van der Waals surface area contributed by atoms with Gasteiger partial charge in [-0.2, -0.15) is 0 Å². The van der Waals surface area contributed by atoms with Crippen LogP contribution in [0.1, 0.15) is 37.7 Å². The van der Waals surface area contributed by atoms with Crippen molar-refractivity contribution < 1.29 is 14.4 Å². The first-order valence-electron chi connectivity index (χ1n) is 6.55. The number of rotatable bonds is 4. The second kappa shape index (κ2) is 7.85. The summed E-state index contributed by atoms with van der Waals surface area (Å²) < 4.78 is 13.7. The normalized spacial score (nSPS) is 15.9. The van der Waals surface area contributed by atoms with Crippen LogP contribution in [0.25, 0.3) is 0 Å². The highest BCUT2D eigenvalue weighted by atomic mass is 35.5. The summed E-state index contributed by atoms with van der Waals surface area (Å²) in [5.41, 5.74) is 0.608. The molecule has 0 aromatic heterocycles. The first-order chi connectivity index (χ1) is 8.68. The predicted octanol–water partition coefficient (Wildman–Crippen LogP) is 1.35. The molecule has 106 valence electrons. The van der Waals surface area contributed by atoms with Gasteiger partial charge in [-0.25, -0.2) is 4.39 Å². The van der Waals surface area contributed by atoms with Gasteiger partial charge in [0.1, 0.15) is 5.82 Å². The molecule has 3 N–H and O–H groups in total. The molecule has 19 heavy (non-hydrogen) atoms. The van der Waals surface area contributed by atoms with E-state index in [1.54, 1.807) is 6.07 Å². The number of benzene rings is 1. The molecule has 3 nitrogen and oxygen atoms in total. The fourth-order valence-electron chi connectivity index (χ4n) is 2.56. The van der Waals surface area contributed by atoms with E-state index in [9.17, 15) is 14.4 Å². The van der Waals surface area contributed by atoms with Gasteiger partial charge in [-0.3, -0.25) is 0 Å². The van der Waals surface area contributed by atoms with Crippen molar-refractivity contribution >= 4 is 25.0 Å². The first-order valence-corrected chi connectivity index (χ1v) is 6.55. The monoisotopic (exact) mass is 287 g/mol. The smallest absolute Gasteiger partial charge is 0.423 e. The number of hydrogen-bond acceptors (Lipinski definition) is 3. The van der Waals surface area contributed by atoms with E-state index >= 15 is 0 Å². The Hall–Kier alpha value is -0.615. The van der Waals surface area contributed by atoms with Crippen LogP contribution in [0.2, 0.25) is 0 Å². The van der Waals surface area contributed by atoms with Crippen LogP contribution < -0.4 is 10.8 Å². The largest absolute Gasteiger partial charge is 0.488 e. The van der Waals surface area contributed by atoms with Gasteiger partial charge in [0.25, 0.3) is 0 Å². The summed E-state index contributed by atoms with van der Waals surface area (Å²) in [6.45, 7) is 0.351. The van der Waals surface area contributed by atoms with Crippen molar-refractivity contribution in [3.05, 3.63) is 29.6 Å². The average Bonchev–Trinajstić information content (AvgIpc) is 2.38. The van der Waals surface area contributed by atoms with E-state index in [1.807, 2.05) is 0 Å². The Morgan fingerprint density at radius 2 is 1.89 bits per heavy atom. The lowest BCUT2D eigenvalue weighted by Gasteiger charge is -2.23. The van der Waals surface area contributed by atoms with Crippen molar-refractivity contribution in [1.29, 1.82) is 0 Å². The molecule has 0 aliphatic heterocycles. The molecule has 6 heteroatoms. The second-order valence-electron chi connectivity index (χ2n) is 4.90. The minimum Gasteiger partial charge on any atom is -0.423 e. The fraction of sp³-hybridized carbons (Fsp3) is 0.538. The summed E-state index contributed by atoms with van der Waals surface area (Å²) in [6, 6.07) is 4.81. The van der Waals surface area contributed by atoms with Gasteiger partial charge in [0.2, 0.25) is 0 Å². The molecule has 0 heterocycles. The third kappa shape index (κ3) is 4.46. The molecule has 0 radical (unpaired) electrons. The Labute approximate surface area is 119 Å². The highest BCUT2D eigenvalue weighted by Gasteiger charge is 2.20. The molecule has 1 aromatic rings. The SMILES string of the molecule is Cl.OB(O)c1cccc(F)c1CNC1CCCCC1. The summed E-state index contributed by atoms with van der Waals surface area (Å²) in [6.07, 6.45) is 5.93. The minimum absolute atomic E-state index is 0. The molecule has 2 rings (SSSR count). The Morgan fingerprint density at radius 3 is 2.53 bits per heavy atom.